The van der Waals surface area contributed by atoms with Gasteiger partial charge in [-0.3, -0.25) is 0 Å². The molecule has 0 fully saturated rings. The summed E-state index contributed by atoms with van der Waals surface area (Å²) < 4.78 is 13.5. The van der Waals surface area contributed by atoms with Gasteiger partial charge in [0.15, 0.2) is 0 Å². The largest absolute Gasteiger partial charge is 0.457 e. The van der Waals surface area contributed by atoms with Gasteiger partial charge in [0.2, 0.25) is 5.89 Å². The van der Waals surface area contributed by atoms with Crippen molar-refractivity contribution in [2.45, 2.75) is 6.92 Å². The Morgan fingerprint density at radius 3 is 2.36 bits per heavy atom. The maximum Gasteiger partial charge on any atom is 0.226 e. The number of aromatic nitrogens is 3. The molecule has 0 aliphatic rings. The number of imidazole rings is 1. The van der Waals surface area contributed by atoms with Crippen LogP contribution in [0.3, 0.4) is 0 Å². The molecule has 0 amide bonds. The monoisotopic (exact) mass is 331 g/mol. The van der Waals surface area contributed by atoms with E-state index in [-0.39, 0.29) is 0 Å². The summed E-state index contributed by atoms with van der Waals surface area (Å²) in [5.41, 5.74) is 2.74. The second-order valence-corrected chi connectivity index (χ2v) is 5.81. The molecule has 5 heteroatoms. The van der Waals surface area contributed by atoms with Crippen LogP contribution in [0.1, 0.15) is 5.69 Å². The van der Waals surface area contributed by atoms with Gasteiger partial charge in [0.05, 0.1) is 5.69 Å². The summed E-state index contributed by atoms with van der Waals surface area (Å²) >= 11 is 0. The molecular weight excluding hydrogens is 314 g/mol. The van der Waals surface area contributed by atoms with E-state index < -0.39 is 0 Å². The third kappa shape index (κ3) is 3.17. The Balaban J connectivity index is 1.62. The molecule has 0 spiro atoms. The summed E-state index contributed by atoms with van der Waals surface area (Å²) in [7, 11) is 1.97. The lowest BCUT2D eigenvalue weighted by atomic mass is 10.2. The predicted octanol–water partition coefficient (Wildman–Crippen LogP) is 4.84. The molecule has 0 saturated carbocycles. The van der Waals surface area contributed by atoms with Gasteiger partial charge < -0.3 is 13.7 Å². The van der Waals surface area contributed by atoms with Crippen molar-refractivity contribution < 1.29 is 9.15 Å². The van der Waals surface area contributed by atoms with Crippen molar-refractivity contribution in [3.05, 3.63) is 72.9 Å². The highest BCUT2D eigenvalue weighted by Crippen LogP contribution is 2.29. The smallest absolute Gasteiger partial charge is 0.226 e. The fourth-order valence-corrected chi connectivity index (χ4v) is 2.66. The Labute approximate surface area is 145 Å². The molecule has 0 aliphatic heterocycles. The molecule has 0 atom stereocenters. The minimum Gasteiger partial charge on any atom is -0.457 e. The van der Waals surface area contributed by atoms with Crippen LogP contribution < -0.4 is 4.74 Å². The summed E-state index contributed by atoms with van der Waals surface area (Å²) in [4.78, 5) is 8.73. The predicted molar refractivity (Wildman–Crippen MR) is 95.4 cm³/mol. The molecule has 0 saturated heterocycles. The summed E-state index contributed by atoms with van der Waals surface area (Å²) in [5.74, 6) is 2.96. The van der Waals surface area contributed by atoms with Gasteiger partial charge in [0.1, 0.15) is 23.6 Å². The van der Waals surface area contributed by atoms with Crippen LogP contribution in [0.5, 0.6) is 11.5 Å². The molecule has 124 valence electrons. The number of aryl methyl sites for hydroxylation is 2. The second-order valence-electron chi connectivity index (χ2n) is 5.81. The van der Waals surface area contributed by atoms with Crippen LogP contribution in [0.4, 0.5) is 0 Å². The van der Waals surface area contributed by atoms with E-state index in [1.807, 2.05) is 73.3 Å². The molecule has 0 N–H and O–H groups in total. The quantitative estimate of drug-likeness (QED) is 0.537. The van der Waals surface area contributed by atoms with Gasteiger partial charge in [-0.05, 0) is 37.3 Å². The SMILES string of the molecule is Cc1coc(-c2cccc(Oc3cccc(-c4nccn4C)c3)c2)n1. The molecular formula is C20H17N3O2. The standard InChI is InChI=1S/C20H17N3O2/c1-14-13-24-20(22-14)16-6-4-8-18(12-16)25-17-7-3-5-15(11-17)19-21-9-10-23(19)2/h3-13H,1-2H3. The van der Waals surface area contributed by atoms with Crippen molar-refractivity contribution in [3.8, 4) is 34.3 Å². The summed E-state index contributed by atoms with van der Waals surface area (Å²) in [6.45, 7) is 1.90. The van der Waals surface area contributed by atoms with Crippen molar-refractivity contribution >= 4 is 0 Å². The zero-order valence-corrected chi connectivity index (χ0v) is 14.0. The Morgan fingerprint density at radius 2 is 1.72 bits per heavy atom. The van der Waals surface area contributed by atoms with E-state index in [0.717, 1.165) is 34.1 Å². The van der Waals surface area contributed by atoms with Crippen LogP contribution in [0, 0.1) is 6.92 Å². The molecule has 0 aliphatic carbocycles. The lowest BCUT2D eigenvalue weighted by Crippen LogP contribution is -1.92. The van der Waals surface area contributed by atoms with Gasteiger partial charge >= 0.3 is 0 Å². The van der Waals surface area contributed by atoms with Crippen molar-refractivity contribution in [1.82, 2.24) is 14.5 Å². The van der Waals surface area contributed by atoms with E-state index in [1.165, 1.54) is 0 Å². The van der Waals surface area contributed by atoms with E-state index in [2.05, 4.69) is 9.97 Å². The van der Waals surface area contributed by atoms with Crippen molar-refractivity contribution in [2.75, 3.05) is 0 Å². The lowest BCUT2D eigenvalue weighted by Gasteiger charge is -2.08. The van der Waals surface area contributed by atoms with E-state index in [4.69, 9.17) is 9.15 Å². The minimum absolute atomic E-state index is 0.588. The normalized spacial score (nSPS) is 10.8. The van der Waals surface area contributed by atoms with Gasteiger partial charge in [-0.15, -0.1) is 0 Å². The van der Waals surface area contributed by atoms with Crippen LogP contribution in [-0.2, 0) is 7.05 Å². The third-order valence-electron chi connectivity index (χ3n) is 3.85. The van der Waals surface area contributed by atoms with Crippen molar-refractivity contribution in [2.24, 2.45) is 7.05 Å². The first-order valence-electron chi connectivity index (χ1n) is 7.97. The average Bonchev–Trinajstić information content (AvgIpc) is 3.24. The number of hydrogen-bond donors (Lipinski definition) is 0. The molecule has 0 bridgehead atoms. The second kappa shape index (κ2) is 6.28. The summed E-state index contributed by atoms with van der Waals surface area (Å²) in [5, 5.41) is 0. The average molecular weight is 331 g/mol. The molecule has 2 aromatic carbocycles. The van der Waals surface area contributed by atoms with Crippen molar-refractivity contribution in [3.63, 3.8) is 0 Å². The molecule has 25 heavy (non-hydrogen) atoms. The number of hydrogen-bond acceptors (Lipinski definition) is 4. The topological polar surface area (TPSA) is 53.1 Å². The zero-order chi connectivity index (χ0) is 17.2. The van der Waals surface area contributed by atoms with Gasteiger partial charge in [0, 0.05) is 30.6 Å². The van der Waals surface area contributed by atoms with Crippen LogP contribution in [0.25, 0.3) is 22.8 Å². The maximum absolute atomic E-state index is 6.02. The van der Waals surface area contributed by atoms with Gasteiger partial charge in [-0.2, -0.15) is 0 Å². The minimum atomic E-state index is 0.588. The summed E-state index contributed by atoms with van der Waals surface area (Å²) in [6.07, 6.45) is 5.34. The van der Waals surface area contributed by atoms with E-state index in [1.54, 1.807) is 12.5 Å². The number of ether oxygens (including phenoxy) is 1. The number of nitrogens with zero attached hydrogens (tertiary/aromatic N) is 3. The van der Waals surface area contributed by atoms with E-state index in [9.17, 15) is 0 Å². The first kappa shape index (κ1) is 15.2. The fraction of sp³-hybridized carbons (Fsp3) is 0.100. The van der Waals surface area contributed by atoms with Crippen LogP contribution in [0.15, 0.2) is 71.6 Å². The molecule has 0 radical (unpaired) electrons. The van der Waals surface area contributed by atoms with E-state index >= 15 is 0 Å². The number of oxazole rings is 1. The van der Waals surface area contributed by atoms with E-state index in [0.29, 0.717) is 5.89 Å². The molecule has 5 nitrogen and oxygen atoms in total. The lowest BCUT2D eigenvalue weighted by molar-refractivity contribution is 0.482. The van der Waals surface area contributed by atoms with Gasteiger partial charge in [0.25, 0.3) is 0 Å². The highest BCUT2D eigenvalue weighted by atomic mass is 16.5. The Hall–Kier alpha value is -3.34. The van der Waals surface area contributed by atoms with Gasteiger partial charge in [-0.1, -0.05) is 18.2 Å². The molecule has 0 unspecified atom stereocenters. The van der Waals surface area contributed by atoms with Crippen LogP contribution in [0.2, 0.25) is 0 Å². The fourth-order valence-electron chi connectivity index (χ4n) is 2.66. The highest BCUT2D eigenvalue weighted by Gasteiger charge is 2.08. The summed E-state index contributed by atoms with van der Waals surface area (Å²) in [6, 6.07) is 15.6. The van der Waals surface area contributed by atoms with Gasteiger partial charge in [-0.25, -0.2) is 9.97 Å². The maximum atomic E-state index is 6.02. The highest BCUT2D eigenvalue weighted by molar-refractivity contribution is 5.59. The molecule has 4 rings (SSSR count). The first-order chi connectivity index (χ1) is 12.2. The Bertz CT molecular complexity index is 1020. The van der Waals surface area contributed by atoms with Crippen molar-refractivity contribution in [1.29, 1.82) is 0 Å². The third-order valence-corrected chi connectivity index (χ3v) is 3.85. The van der Waals surface area contributed by atoms with Crippen LogP contribution >= 0.6 is 0 Å². The zero-order valence-electron chi connectivity index (χ0n) is 14.0. The number of rotatable bonds is 4. The Kier molecular flexibility index (Phi) is 3.82. The molecule has 2 aromatic heterocycles. The molecule has 2 heterocycles. The number of benzene rings is 2. The Morgan fingerprint density at radius 1 is 1.00 bits per heavy atom. The van der Waals surface area contributed by atoms with Crippen LogP contribution in [-0.4, -0.2) is 14.5 Å². The first-order valence-corrected chi connectivity index (χ1v) is 7.97. The molecule has 4 aromatic rings.